The van der Waals surface area contributed by atoms with Crippen molar-refractivity contribution in [3.63, 3.8) is 0 Å². The Labute approximate surface area is 124 Å². The zero-order valence-electron chi connectivity index (χ0n) is 11.3. The van der Waals surface area contributed by atoms with Crippen LogP contribution in [0.5, 0.6) is 5.75 Å². The van der Waals surface area contributed by atoms with Crippen LogP contribution in [-0.2, 0) is 4.79 Å². The Morgan fingerprint density at radius 3 is 2.75 bits per heavy atom. The van der Waals surface area contributed by atoms with Gasteiger partial charge in [0.25, 0.3) is 0 Å². The third-order valence-corrected chi connectivity index (χ3v) is 4.25. The van der Waals surface area contributed by atoms with Crippen LogP contribution in [0.2, 0.25) is 5.15 Å². The molecule has 0 N–H and O–H groups in total. The maximum Gasteiger partial charge on any atom is 0.192 e. The first-order chi connectivity index (χ1) is 9.42. The lowest BCUT2D eigenvalue weighted by molar-refractivity contribution is -0.120. The second-order valence-electron chi connectivity index (χ2n) is 4.46. The zero-order chi connectivity index (χ0) is 14.9. The number of methoxy groups -OCH3 is 1. The highest BCUT2D eigenvalue weighted by molar-refractivity contribution is 7.20. The molecule has 0 aliphatic carbocycles. The molecule has 5 nitrogen and oxygen atoms in total. The first-order valence-electron chi connectivity index (χ1n) is 5.97. The number of ketones is 2. The number of hydrogen-bond donors (Lipinski definition) is 0. The molecule has 1 atom stereocenters. The topological polar surface area (TPSA) is 69.2 Å². The van der Waals surface area contributed by atoms with Crippen LogP contribution in [0, 0.1) is 5.92 Å². The first kappa shape index (κ1) is 14.9. The third kappa shape index (κ3) is 2.96. The van der Waals surface area contributed by atoms with E-state index in [1.54, 1.807) is 13.0 Å². The molecule has 20 heavy (non-hydrogen) atoms. The van der Waals surface area contributed by atoms with E-state index in [1.807, 2.05) is 0 Å². The number of ether oxygens (including phenoxy) is 1. The van der Waals surface area contributed by atoms with Crippen molar-refractivity contribution in [3.8, 4) is 5.75 Å². The normalized spacial score (nSPS) is 12.4. The molecule has 0 spiro atoms. The molecule has 0 aliphatic rings. The minimum Gasteiger partial charge on any atom is -0.493 e. The summed E-state index contributed by atoms with van der Waals surface area (Å²) in [4.78, 5) is 31.5. The number of hydrogen-bond acceptors (Lipinski definition) is 6. The average molecular weight is 313 g/mol. The van der Waals surface area contributed by atoms with Gasteiger partial charge in [-0.15, -0.1) is 11.3 Å². The summed E-state index contributed by atoms with van der Waals surface area (Å²) in [5.41, 5.74) is 0.416. The molecule has 0 amide bonds. The molecule has 0 saturated carbocycles. The summed E-state index contributed by atoms with van der Waals surface area (Å²) in [7, 11) is 1.50. The molecule has 7 heteroatoms. The summed E-state index contributed by atoms with van der Waals surface area (Å²) in [5, 5.41) is 0.548. The zero-order valence-corrected chi connectivity index (χ0v) is 12.8. The van der Waals surface area contributed by atoms with Crippen LogP contribution in [0.1, 0.15) is 30.1 Å². The molecule has 0 radical (unpaired) electrons. The Hall–Kier alpha value is -1.53. The van der Waals surface area contributed by atoms with Crippen LogP contribution in [0.25, 0.3) is 10.3 Å². The Morgan fingerprint density at radius 2 is 2.15 bits per heavy atom. The third-order valence-electron chi connectivity index (χ3n) is 2.95. The van der Waals surface area contributed by atoms with E-state index in [9.17, 15) is 9.59 Å². The Balaban J connectivity index is 2.32. The standard InChI is InChI=1S/C13H13ClN2O3S/c1-6(7(2)17)4-8(18)13-16-12-10(20-13)5-9(19-3)11(14)15-12/h5-6H,4H2,1-3H3/t6-/m0/s1. The van der Waals surface area contributed by atoms with Crippen molar-refractivity contribution in [2.75, 3.05) is 7.11 Å². The van der Waals surface area contributed by atoms with Crippen LogP contribution in [-0.4, -0.2) is 28.6 Å². The number of aromatic nitrogens is 2. The van der Waals surface area contributed by atoms with Gasteiger partial charge in [0.15, 0.2) is 27.3 Å². The summed E-state index contributed by atoms with van der Waals surface area (Å²) in [6.07, 6.45) is 0.153. The van der Waals surface area contributed by atoms with Crippen molar-refractivity contribution in [3.05, 3.63) is 16.2 Å². The van der Waals surface area contributed by atoms with Crippen molar-refractivity contribution in [2.45, 2.75) is 20.3 Å². The van der Waals surface area contributed by atoms with E-state index in [1.165, 1.54) is 25.4 Å². The predicted octanol–water partition coefficient (Wildman–Crippen LogP) is 3.15. The number of pyridine rings is 1. The van der Waals surface area contributed by atoms with Crippen molar-refractivity contribution in [1.29, 1.82) is 0 Å². The van der Waals surface area contributed by atoms with Gasteiger partial charge in [0.05, 0.1) is 11.8 Å². The fourth-order valence-electron chi connectivity index (χ4n) is 1.60. The summed E-state index contributed by atoms with van der Waals surface area (Å²) < 4.78 is 5.80. The molecular weight excluding hydrogens is 300 g/mol. The molecule has 2 aromatic rings. The molecule has 106 valence electrons. The average Bonchev–Trinajstić information content (AvgIpc) is 2.80. The van der Waals surface area contributed by atoms with E-state index in [0.717, 1.165) is 4.70 Å². The lowest BCUT2D eigenvalue weighted by Crippen LogP contribution is -2.12. The Kier molecular flexibility index (Phi) is 4.35. The number of thiazole rings is 1. The van der Waals surface area contributed by atoms with E-state index in [4.69, 9.17) is 16.3 Å². The number of halogens is 1. The lowest BCUT2D eigenvalue weighted by atomic mass is 10.0. The van der Waals surface area contributed by atoms with Gasteiger partial charge in [-0.05, 0) is 6.92 Å². The molecule has 2 rings (SSSR count). The fraction of sp³-hybridized carbons (Fsp3) is 0.385. The van der Waals surface area contributed by atoms with Crippen molar-refractivity contribution >= 4 is 44.9 Å². The van der Waals surface area contributed by atoms with E-state index >= 15 is 0 Å². The number of nitrogens with zero attached hydrogens (tertiary/aromatic N) is 2. The highest BCUT2D eigenvalue weighted by atomic mass is 35.5. The summed E-state index contributed by atoms with van der Waals surface area (Å²) in [5.74, 6) is -0.0346. The molecular formula is C13H13ClN2O3S. The van der Waals surface area contributed by atoms with E-state index < -0.39 is 0 Å². The minimum absolute atomic E-state index is 0.0118. The number of rotatable bonds is 5. The lowest BCUT2D eigenvalue weighted by Gasteiger charge is -2.03. The van der Waals surface area contributed by atoms with Gasteiger partial charge in [0.2, 0.25) is 0 Å². The quantitative estimate of drug-likeness (QED) is 0.626. The smallest absolute Gasteiger partial charge is 0.192 e. The van der Waals surface area contributed by atoms with Gasteiger partial charge in [-0.25, -0.2) is 9.97 Å². The molecule has 0 aliphatic heterocycles. The molecule has 0 saturated heterocycles. The largest absolute Gasteiger partial charge is 0.493 e. The highest BCUT2D eigenvalue weighted by Crippen LogP contribution is 2.30. The van der Waals surface area contributed by atoms with Crippen LogP contribution in [0.15, 0.2) is 6.07 Å². The summed E-state index contributed by atoms with van der Waals surface area (Å²) >= 11 is 7.14. The molecule has 0 unspecified atom stereocenters. The second kappa shape index (κ2) is 5.85. The molecule has 0 bridgehead atoms. The maximum atomic E-state index is 12.1. The second-order valence-corrected chi connectivity index (χ2v) is 5.85. The highest BCUT2D eigenvalue weighted by Gasteiger charge is 2.19. The number of fused-ring (bicyclic) bond motifs is 1. The van der Waals surface area contributed by atoms with Gasteiger partial charge in [0, 0.05) is 18.4 Å². The van der Waals surface area contributed by atoms with Crippen molar-refractivity contribution in [2.24, 2.45) is 5.92 Å². The van der Waals surface area contributed by atoms with Crippen LogP contribution < -0.4 is 4.74 Å². The Morgan fingerprint density at radius 1 is 1.45 bits per heavy atom. The Bertz CT molecular complexity index is 684. The monoisotopic (exact) mass is 312 g/mol. The number of carbonyl (C=O) groups is 2. The van der Waals surface area contributed by atoms with Gasteiger partial charge < -0.3 is 4.74 Å². The maximum absolute atomic E-state index is 12.1. The minimum atomic E-state index is -0.305. The van der Waals surface area contributed by atoms with Crippen molar-refractivity contribution < 1.29 is 14.3 Å². The van der Waals surface area contributed by atoms with Gasteiger partial charge in [-0.1, -0.05) is 18.5 Å². The van der Waals surface area contributed by atoms with Crippen LogP contribution >= 0.6 is 22.9 Å². The van der Waals surface area contributed by atoms with E-state index in [-0.39, 0.29) is 29.1 Å². The van der Waals surface area contributed by atoms with Gasteiger partial charge >= 0.3 is 0 Å². The summed E-state index contributed by atoms with van der Waals surface area (Å²) in [6, 6.07) is 1.70. The van der Waals surface area contributed by atoms with Crippen LogP contribution in [0.3, 0.4) is 0 Å². The molecule has 0 fully saturated rings. The van der Waals surface area contributed by atoms with Gasteiger partial charge in [-0.3, -0.25) is 9.59 Å². The van der Waals surface area contributed by atoms with E-state index in [0.29, 0.717) is 16.4 Å². The SMILES string of the molecule is COc1cc2sc(C(=O)C[C@H](C)C(C)=O)nc2nc1Cl. The van der Waals surface area contributed by atoms with Gasteiger partial charge in [-0.2, -0.15) is 0 Å². The van der Waals surface area contributed by atoms with E-state index in [2.05, 4.69) is 9.97 Å². The molecule has 2 aromatic heterocycles. The predicted molar refractivity (Wildman–Crippen MR) is 77.8 cm³/mol. The summed E-state index contributed by atoms with van der Waals surface area (Å²) in [6.45, 7) is 3.20. The van der Waals surface area contributed by atoms with Gasteiger partial charge in [0.1, 0.15) is 5.78 Å². The molecule has 0 aromatic carbocycles. The number of Topliss-reactive ketones (excluding diaryl/α,β-unsaturated/α-hetero) is 2. The number of carbonyl (C=O) groups excluding carboxylic acids is 2. The molecule has 2 heterocycles. The first-order valence-corrected chi connectivity index (χ1v) is 7.16. The van der Waals surface area contributed by atoms with Crippen molar-refractivity contribution in [1.82, 2.24) is 9.97 Å². The van der Waals surface area contributed by atoms with Crippen LogP contribution in [0.4, 0.5) is 0 Å². The fourth-order valence-corrected chi connectivity index (χ4v) is 2.69.